The topological polar surface area (TPSA) is 87.2 Å². The summed E-state index contributed by atoms with van der Waals surface area (Å²) in [7, 11) is -3.53. The van der Waals surface area contributed by atoms with Crippen LogP contribution in [0.25, 0.3) is 0 Å². The van der Waals surface area contributed by atoms with E-state index in [9.17, 15) is 13.2 Å². The molecule has 1 N–H and O–H groups in total. The van der Waals surface area contributed by atoms with E-state index in [1.54, 1.807) is 6.92 Å². The Labute approximate surface area is 126 Å². The Balaban J connectivity index is 1.95. The molecular formula is C13H24N2O5S. The van der Waals surface area contributed by atoms with Crippen LogP contribution in [0.3, 0.4) is 0 Å². The molecule has 0 unspecified atom stereocenters. The van der Waals surface area contributed by atoms with Crippen LogP contribution in [0.1, 0.15) is 32.6 Å². The van der Waals surface area contributed by atoms with Crippen molar-refractivity contribution in [3.63, 3.8) is 0 Å². The van der Waals surface area contributed by atoms with Gasteiger partial charge in [0.05, 0.1) is 19.1 Å². The van der Waals surface area contributed by atoms with Crippen LogP contribution >= 0.6 is 0 Å². The molecule has 2 fully saturated rings. The first-order valence-corrected chi connectivity index (χ1v) is 8.94. The molecule has 1 saturated heterocycles. The molecule has 1 heterocycles. The summed E-state index contributed by atoms with van der Waals surface area (Å²) in [5.74, 6) is -0.437. The number of hydrogen-bond acceptors (Lipinski definition) is 5. The summed E-state index contributed by atoms with van der Waals surface area (Å²) in [4.78, 5) is 11.7. The second-order valence-corrected chi connectivity index (χ2v) is 7.38. The highest BCUT2D eigenvalue weighted by molar-refractivity contribution is 7.86. The molecule has 7 nitrogen and oxygen atoms in total. The lowest BCUT2D eigenvalue weighted by Crippen LogP contribution is -2.49. The van der Waals surface area contributed by atoms with Gasteiger partial charge in [-0.1, -0.05) is 0 Å². The first-order valence-electron chi connectivity index (χ1n) is 7.55. The first kappa shape index (κ1) is 16.7. The summed E-state index contributed by atoms with van der Waals surface area (Å²) in [6.45, 7) is 2.75. The number of aliphatic hydroxyl groups excluding tert-OH is 1. The van der Waals surface area contributed by atoms with Crippen LogP contribution in [0.15, 0.2) is 0 Å². The highest BCUT2D eigenvalue weighted by Gasteiger charge is 2.41. The van der Waals surface area contributed by atoms with Gasteiger partial charge in [0.1, 0.15) is 0 Å². The lowest BCUT2D eigenvalue weighted by atomic mass is 9.98. The fourth-order valence-electron chi connectivity index (χ4n) is 2.68. The van der Waals surface area contributed by atoms with Gasteiger partial charge in [0.2, 0.25) is 0 Å². The summed E-state index contributed by atoms with van der Waals surface area (Å²) in [5.41, 5.74) is 0. The van der Waals surface area contributed by atoms with Crippen LogP contribution in [0.2, 0.25) is 0 Å². The van der Waals surface area contributed by atoms with Crippen molar-refractivity contribution in [3.05, 3.63) is 0 Å². The Morgan fingerprint density at radius 2 is 1.90 bits per heavy atom. The van der Waals surface area contributed by atoms with E-state index >= 15 is 0 Å². The second-order valence-electron chi connectivity index (χ2n) is 5.50. The van der Waals surface area contributed by atoms with Crippen molar-refractivity contribution < 1.29 is 23.1 Å². The number of piperidine rings is 1. The molecule has 0 spiro atoms. The van der Waals surface area contributed by atoms with Gasteiger partial charge in [-0.3, -0.25) is 4.79 Å². The van der Waals surface area contributed by atoms with Gasteiger partial charge in [-0.15, -0.1) is 0 Å². The second kappa shape index (κ2) is 7.04. The predicted molar refractivity (Wildman–Crippen MR) is 76.7 cm³/mol. The van der Waals surface area contributed by atoms with Gasteiger partial charge in [-0.25, -0.2) is 0 Å². The van der Waals surface area contributed by atoms with Crippen LogP contribution < -0.4 is 0 Å². The maximum absolute atomic E-state index is 12.6. The van der Waals surface area contributed by atoms with E-state index in [2.05, 4.69) is 0 Å². The Hall–Kier alpha value is -0.700. The summed E-state index contributed by atoms with van der Waals surface area (Å²) < 4.78 is 33.0. The molecule has 0 bridgehead atoms. The van der Waals surface area contributed by atoms with E-state index in [0.717, 1.165) is 12.8 Å². The van der Waals surface area contributed by atoms with Gasteiger partial charge in [0.15, 0.2) is 0 Å². The molecule has 0 amide bonds. The number of carbonyl (C=O) groups is 1. The summed E-state index contributed by atoms with van der Waals surface area (Å²) in [6.07, 6.45) is 2.71. The summed E-state index contributed by atoms with van der Waals surface area (Å²) >= 11 is 0. The Morgan fingerprint density at radius 3 is 2.38 bits per heavy atom. The molecule has 2 aliphatic rings. The molecule has 0 radical (unpaired) electrons. The van der Waals surface area contributed by atoms with Crippen molar-refractivity contribution in [1.29, 1.82) is 0 Å². The molecule has 2 rings (SSSR count). The fourth-order valence-corrected chi connectivity index (χ4v) is 4.55. The van der Waals surface area contributed by atoms with E-state index in [0.29, 0.717) is 32.5 Å². The molecule has 0 aromatic rings. The molecule has 8 heteroatoms. The Morgan fingerprint density at radius 1 is 1.29 bits per heavy atom. The number of hydrogen-bond donors (Lipinski definition) is 1. The zero-order valence-electron chi connectivity index (χ0n) is 12.4. The zero-order chi connectivity index (χ0) is 15.5. The Kier molecular flexibility index (Phi) is 5.59. The summed E-state index contributed by atoms with van der Waals surface area (Å²) in [5, 5.41) is 9.06. The monoisotopic (exact) mass is 320 g/mol. The van der Waals surface area contributed by atoms with Gasteiger partial charge >= 0.3 is 5.97 Å². The number of carbonyl (C=O) groups excluding carboxylic acids is 1. The van der Waals surface area contributed by atoms with E-state index in [4.69, 9.17) is 9.84 Å². The first-order chi connectivity index (χ1) is 10.0. The van der Waals surface area contributed by atoms with Crippen molar-refractivity contribution in [2.75, 3.05) is 32.8 Å². The SMILES string of the molecule is CCOC(=O)C1CCN(S(=O)(=O)N(CCO)C2CC2)CC1. The van der Waals surface area contributed by atoms with Crippen LogP contribution in [-0.4, -0.2) is 67.0 Å². The minimum atomic E-state index is -3.53. The van der Waals surface area contributed by atoms with Crippen molar-refractivity contribution in [3.8, 4) is 0 Å². The van der Waals surface area contributed by atoms with Crippen molar-refractivity contribution >= 4 is 16.2 Å². The molecule has 1 aliphatic carbocycles. The molecule has 1 saturated carbocycles. The Bertz CT molecular complexity index is 455. The maximum atomic E-state index is 12.6. The van der Waals surface area contributed by atoms with Crippen LogP contribution in [0.5, 0.6) is 0 Å². The lowest BCUT2D eigenvalue weighted by Gasteiger charge is -2.34. The van der Waals surface area contributed by atoms with Gasteiger partial charge in [0.25, 0.3) is 10.2 Å². The van der Waals surface area contributed by atoms with E-state index in [-0.39, 0.29) is 31.1 Å². The normalized spacial score (nSPS) is 21.7. The van der Waals surface area contributed by atoms with Gasteiger partial charge < -0.3 is 9.84 Å². The number of ether oxygens (including phenoxy) is 1. The molecule has 1 aliphatic heterocycles. The van der Waals surface area contributed by atoms with E-state index in [1.807, 2.05) is 0 Å². The van der Waals surface area contributed by atoms with Gasteiger partial charge in [-0.05, 0) is 32.6 Å². The highest BCUT2D eigenvalue weighted by Crippen LogP contribution is 2.31. The van der Waals surface area contributed by atoms with E-state index in [1.165, 1.54) is 8.61 Å². The largest absolute Gasteiger partial charge is 0.466 e. The van der Waals surface area contributed by atoms with E-state index < -0.39 is 10.2 Å². The van der Waals surface area contributed by atoms with Crippen molar-refractivity contribution in [1.82, 2.24) is 8.61 Å². The maximum Gasteiger partial charge on any atom is 0.309 e. The van der Waals surface area contributed by atoms with Crippen LogP contribution in [-0.2, 0) is 19.7 Å². The number of esters is 1. The number of aliphatic hydroxyl groups is 1. The fraction of sp³-hybridized carbons (Fsp3) is 0.923. The molecular weight excluding hydrogens is 296 g/mol. The molecule has 0 atom stereocenters. The van der Waals surface area contributed by atoms with Gasteiger partial charge in [0, 0.05) is 25.7 Å². The molecule has 0 aromatic carbocycles. The third-order valence-corrected chi connectivity index (χ3v) is 6.06. The average molecular weight is 320 g/mol. The molecule has 0 aromatic heterocycles. The third kappa shape index (κ3) is 3.94. The summed E-state index contributed by atoms with van der Waals surface area (Å²) in [6, 6.07) is 0.0323. The average Bonchev–Trinajstić information content (AvgIpc) is 3.29. The highest BCUT2D eigenvalue weighted by atomic mass is 32.2. The minimum Gasteiger partial charge on any atom is -0.466 e. The molecule has 21 heavy (non-hydrogen) atoms. The molecule has 122 valence electrons. The quantitative estimate of drug-likeness (QED) is 0.665. The predicted octanol–water partition coefficient (Wildman–Crippen LogP) is -0.0370. The number of rotatable bonds is 7. The zero-order valence-corrected chi connectivity index (χ0v) is 13.2. The van der Waals surface area contributed by atoms with Crippen molar-refractivity contribution in [2.24, 2.45) is 5.92 Å². The van der Waals surface area contributed by atoms with Crippen molar-refractivity contribution in [2.45, 2.75) is 38.6 Å². The minimum absolute atomic E-state index is 0.0323. The van der Waals surface area contributed by atoms with Crippen LogP contribution in [0.4, 0.5) is 0 Å². The van der Waals surface area contributed by atoms with Crippen LogP contribution in [0, 0.1) is 5.92 Å². The standard InChI is InChI=1S/C13H24N2O5S/c1-2-20-13(17)11-5-7-14(8-6-11)21(18,19)15(9-10-16)12-3-4-12/h11-12,16H,2-10H2,1H3. The van der Waals surface area contributed by atoms with Gasteiger partial charge in [-0.2, -0.15) is 17.0 Å². The lowest BCUT2D eigenvalue weighted by molar-refractivity contribution is -0.149. The smallest absolute Gasteiger partial charge is 0.309 e. The number of nitrogens with zero attached hydrogens (tertiary/aromatic N) is 2. The third-order valence-electron chi connectivity index (χ3n) is 3.97.